The smallest absolute Gasteiger partial charge is 0.410 e. The molecule has 1 amide bonds. The van der Waals surface area contributed by atoms with E-state index in [0.29, 0.717) is 19.6 Å². The molecular weight excluding hydrogens is 368 g/mol. The molecule has 27 heavy (non-hydrogen) atoms. The van der Waals surface area contributed by atoms with Crippen molar-refractivity contribution in [3.8, 4) is 0 Å². The topological polar surface area (TPSA) is 48.1 Å². The van der Waals surface area contributed by atoms with Crippen LogP contribution in [0, 0.1) is 0 Å². The maximum atomic E-state index is 13.5. The summed E-state index contributed by atoms with van der Waals surface area (Å²) in [6, 6.07) is 0. The van der Waals surface area contributed by atoms with E-state index in [2.05, 4.69) is 5.32 Å². The molecule has 0 saturated carbocycles. The molecule has 6 nitrogen and oxygen atoms in total. The van der Waals surface area contributed by atoms with Gasteiger partial charge in [-0.1, -0.05) is 0 Å². The average molecular weight is 400 g/mol. The van der Waals surface area contributed by atoms with E-state index in [9.17, 15) is 22.4 Å². The first kappa shape index (κ1) is 23.9. The van der Waals surface area contributed by atoms with E-state index >= 15 is 0 Å². The second kappa shape index (κ2) is 9.38. The van der Waals surface area contributed by atoms with Gasteiger partial charge in [-0.2, -0.15) is 0 Å². The molecule has 0 unspecified atom stereocenters. The van der Waals surface area contributed by atoms with E-state index in [-0.39, 0.29) is 26.2 Å². The van der Waals surface area contributed by atoms with E-state index in [1.807, 2.05) is 0 Å². The standard InChI is InChI=1S/C11H20F2N2O2.C6H12F2N2/c1-10(2,3)17-9(16)15-6-5-14(4)7-11(12,13)8-15;1-10-3-2-9-4-6(7,8)5-10/h5-8H2,1-4H3;9H,2-5H2,1H3. The summed E-state index contributed by atoms with van der Waals surface area (Å²) in [6.07, 6.45) is -0.674. The van der Waals surface area contributed by atoms with Crippen molar-refractivity contribution < 1.29 is 27.1 Å². The SMILES string of the molecule is CN1CCN(C(=O)OC(C)(C)C)CC(F)(F)C1.CN1CCNCC(F)(F)C1. The molecule has 10 heteroatoms. The fourth-order valence-corrected chi connectivity index (χ4v) is 2.73. The summed E-state index contributed by atoms with van der Waals surface area (Å²) in [5.74, 6) is -5.44. The number of carbonyl (C=O) groups excluding carboxylic acids is 1. The van der Waals surface area contributed by atoms with Crippen LogP contribution in [0.4, 0.5) is 22.4 Å². The third-order valence-corrected chi connectivity index (χ3v) is 3.88. The predicted octanol–water partition coefficient (Wildman–Crippen LogP) is 1.96. The number of halogens is 4. The molecule has 2 rings (SSSR count). The lowest BCUT2D eigenvalue weighted by molar-refractivity contribution is -0.0412. The zero-order chi connectivity index (χ0) is 20.9. The van der Waals surface area contributed by atoms with Crippen LogP contribution in [0.5, 0.6) is 0 Å². The Kier molecular flexibility index (Phi) is 8.31. The van der Waals surface area contributed by atoms with Gasteiger partial charge in [0.2, 0.25) is 0 Å². The van der Waals surface area contributed by atoms with Crippen LogP contribution in [0.1, 0.15) is 20.8 Å². The van der Waals surface area contributed by atoms with Crippen molar-refractivity contribution in [1.82, 2.24) is 20.0 Å². The molecule has 2 saturated heterocycles. The summed E-state index contributed by atoms with van der Waals surface area (Å²) in [5, 5.41) is 2.68. The van der Waals surface area contributed by atoms with Crippen molar-refractivity contribution in [2.45, 2.75) is 38.2 Å². The summed E-state index contributed by atoms with van der Waals surface area (Å²) in [5.41, 5.74) is -0.662. The monoisotopic (exact) mass is 400 g/mol. The van der Waals surface area contributed by atoms with Crippen LogP contribution in [-0.4, -0.2) is 105 Å². The number of hydrogen-bond acceptors (Lipinski definition) is 5. The number of carbonyl (C=O) groups is 1. The molecule has 0 aliphatic carbocycles. The van der Waals surface area contributed by atoms with E-state index in [0.717, 1.165) is 4.90 Å². The maximum Gasteiger partial charge on any atom is 0.410 e. The van der Waals surface area contributed by atoms with Gasteiger partial charge in [-0.25, -0.2) is 22.4 Å². The molecule has 0 spiro atoms. The van der Waals surface area contributed by atoms with Crippen molar-refractivity contribution in [3.63, 3.8) is 0 Å². The van der Waals surface area contributed by atoms with Gasteiger partial charge in [-0.05, 0) is 34.9 Å². The van der Waals surface area contributed by atoms with E-state index in [1.54, 1.807) is 39.8 Å². The number of ether oxygens (including phenoxy) is 1. The lowest BCUT2D eigenvalue weighted by Crippen LogP contribution is -2.43. The zero-order valence-corrected chi connectivity index (χ0v) is 16.8. The molecule has 0 atom stereocenters. The average Bonchev–Trinajstić information content (AvgIpc) is 2.69. The number of likely N-dealkylation sites (N-methyl/N-ethyl adjacent to an activating group) is 2. The Balaban J connectivity index is 0.000000309. The third-order valence-electron chi connectivity index (χ3n) is 3.88. The quantitative estimate of drug-likeness (QED) is 0.630. The molecule has 0 aromatic rings. The van der Waals surface area contributed by atoms with Gasteiger partial charge >= 0.3 is 6.09 Å². The lowest BCUT2D eigenvalue weighted by atomic mass is 10.2. The van der Waals surface area contributed by atoms with Crippen LogP contribution in [0.15, 0.2) is 0 Å². The minimum Gasteiger partial charge on any atom is -0.444 e. The first-order chi connectivity index (χ1) is 12.2. The van der Waals surface area contributed by atoms with Gasteiger partial charge < -0.3 is 15.0 Å². The van der Waals surface area contributed by atoms with Crippen LogP contribution in [-0.2, 0) is 4.74 Å². The molecule has 1 N–H and O–H groups in total. The molecule has 0 bridgehead atoms. The molecule has 160 valence electrons. The Morgan fingerprint density at radius 3 is 2.07 bits per heavy atom. The van der Waals surface area contributed by atoms with Crippen molar-refractivity contribution in [2.24, 2.45) is 0 Å². The molecule has 0 aromatic carbocycles. The number of alkyl halides is 4. The molecule has 0 aromatic heterocycles. The fraction of sp³-hybridized carbons (Fsp3) is 0.941. The predicted molar refractivity (Wildman–Crippen MR) is 95.6 cm³/mol. The highest BCUT2D eigenvalue weighted by Crippen LogP contribution is 2.21. The highest BCUT2D eigenvalue weighted by Gasteiger charge is 2.38. The van der Waals surface area contributed by atoms with Crippen LogP contribution < -0.4 is 5.32 Å². The molecule has 0 radical (unpaired) electrons. The minimum absolute atomic E-state index is 0.125. The van der Waals surface area contributed by atoms with Crippen molar-refractivity contribution in [1.29, 1.82) is 0 Å². The second-order valence-electron chi connectivity index (χ2n) is 8.27. The lowest BCUT2D eigenvalue weighted by Gasteiger charge is -2.27. The van der Waals surface area contributed by atoms with Crippen LogP contribution >= 0.6 is 0 Å². The first-order valence-electron chi connectivity index (χ1n) is 9.01. The second-order valence-corrected chi connectivity index (χ2v) is 8.27. The van der Waals surface area contributed by atoms with Gasteiger partial charge in [0.05, 0.1) is 26.2 Å². The Hall–Kier alpha value is -1.13. The summed E-state index contributed by atoms with van der Waals surface area (Å²) >= 11 is 0. The number of hydrogen-bond donors (Lipinski definition) is 1. The normalized spacial score (nSPS) is 24.3. The maximum absolute atomic E-state index is 13.5. The highest BCUT2D eigenvalue weighted by atomic mass is 19.3. The fourth-order valence-electron chi connectivity index (χ4n) is 2.73. The molecular formula is C17H32F4N4O2. The Morgan fingerprint density at radius 2 is 1.48 bits per heavy atom. The van der Waals surface area contributed by atoms with Gasteiger partial charge in [0.25, 0.3) is 11.8 Å². The summed E-state index contributed by atoms with van der Waals surface area (Å²) in [6.45, 7) is 5.99. The van der Waals surface area contributed by atoms with E-state index in [1.165, 1.54) is 4.90 Å². The van der Waals surface area contributed by atoms with Gasteiger partial charge in [0, 0.05) is 26.2 Å². The summed E-state index contributed by atoms with van der Waals surface area (Å²) in [7, 11) is 3.33. The number of nitrogens with zero attached hydrogens (tertiary/aromatic N) is 3. The minimum atomic E-state index is -2.89. The van der Waals surface area contributed by atoms with Crippen molar-refractivity contribution in [3.05, 3.63) is 0 Å². The largest absolute Gasteiger partial charge is 0.444 e. The number of amides is 1. The Labute approximate surface area is 158 Å². The van der Waals surface area contributed by atoms with E-state index < -0.39 is 30.1 Å². The van der Waals surface area contributed by atoms with Gasteiger partial charge in [0.1, 0.15) is 5.60 Å². The van der Waals surface area contributed by atoms with Gasteiger partial charge in [0.15, 0.2) is 0 Å². The molecule has 2 aliphatic heterocycles. The zero-order valence-electron chi connectivity index (χ0n) is 16.8. The van der Waals surface area contributed by atoms with Crippen LogP contribution in [0.25, 0.3) is 0 Å². The third kappa shape index (κ3) is 10.1. The number of nitrogens with one attached hydrogen (secondary N) is 1. The van der Waals surface area contributed by atoms with Crippen LogP contribution in [0.3, 0.4) is 0 Å². The Bertz CT molecular complexity index is 486. The number of rotatable bonds is 0. The first-order valence-corrected chi connectivity index (χ1v) is 9.01. The molecule has 2 heterocycles. The van der Waals surface area contributed by atoms with Gasteiger partial charge in [-0.3, -0.25) is 9.80 Å². The molecule has 2 fully saturated rings. The Morgan fingerprint density at radius 1 is 0.926 bits per heavy atom. The van der Waals surface area contributed by atoms with Crippen LogP contribution in [0.2, 0.25) is 0 Å². The van der Waals surface area contributed by atoms with Crippen molar-refractivity contribution in [2.75, 3.05) is 66.5 Å². The van der Waals surface area contributed by atoms with Gasteiger partial charge in [-0.15, -0.1) is 0 Å². The van der Waals surface area contributed by atoms with E-state index in [4.69, 9.17) is 4.74 Å². The highest BCUT2D eigenvalue weighted by molar-refractivity contribution is 5.68. The molecule has 2 aliphatic rings. The summed E-state index contributed by atoms with van der Waals surface area (Å²) in [4.78, 5) is 15.9. The summed E-state index contributed by atoms with van der Waals surface area (Å²) < 4.78 is 57.3. The van der Waals surface area contributed by atoms with Crippen molar-refractivity contribution >= 4 is 6.09 Å².